The lowest BCUT2D eigenvalue weighted by Gasteiger charge is -2.54. The second kappa shape index (κ2) is 5.71. The summed E-state index contributed by atoms with van der Waals surface area (Å²) in [5.41, 5.74) is 0.968. The van der Waals surface area contributed by atoms with E-state index in [-0.39, 0.29) is 10.8 Å². The van der Waals surface area contributed by atoms with Crippen LogP contribution in [0.1, 0.15) is 52.6 Å². The molecule has 1 saturated carbocycles. The maximum atomic E-state index is 5.88. The van der Waals surface area contributed by atoms with E-state index < -0.39 is 0 Å². The van der Waals surface area contributed by atoms with Crippen LogP contribution in [0.25, 0.3) is 0 Å². The number of anilines is 1. The maximum absolute atomic E-state index is 5.88. The molecule has 1 aliphatic heterocycles. The first-order valence-electron chi connectivity index (χ1n) is 8.49. The van der Waals surface area contributed by atoms with E-state index in [0.29, 0.717) is 24.7 Å². The molecule has 1 aromatic heterocycles. The molecule has 2 heterocycles. The number of nitrogens with one attached hydrogen (secondary N) is 1. The molecule has 23 heavy (non-hydrogen) atoms. The van der Waals surface area contributed by atoms with E-state index in [2.05, 4.69) is 44.9 Å². The van der Waals surface area contributed by atoms with Crippen LogP contribution in [0.15, 0.2) is 6.07 Å². The zero-order valence-corrected chi connectivity index (χ0v) is 15.1. The summed E-state index contributed by atoms with van der Waals surface area (Å²) in [7, 11) is 1.70. The molecule has 128 valence electrons. The zero-order chi connectivity index (χ0) is 16.8. The van der Waals surface area contributed by atoms with Gasteiger partial charge < -0.3 is 14.8 Å². The molecule has 5 heteroatoms. The molecule has 1 aliphatic carbocycles. The standard InChI is InChI=1S/C18H29N3O2/c1-17(2,3)16-19-11(10-22-6)9-13(21-16)20-14-12-7-8-23-15(12)18(14,4)5/h9,12,14-15H,7-8,10H2,1-6H3,(H,19,20,21). The highest BCUT2D eigenvalue weighted by molar-refractivity contribution is 5.41. The minimum Gasteiger partial charge on any atom is -0.378 e. The van der Waals surface area contributed by atoms with E-state index in [1.54, 1.807) is 7.11 Å². The third-order valence-corrected chi connectivity index (χ3v) is 5.15. The first kappa shape index (κ1) is 16.7. The monoisotopic (exact) mass is 319 g/mol. The van der Waals surface area contributed by atoms with Crippen LogP contribution in [-0.2, 0) is 21.5 Å². The van der Waals surface area contributed by atoms with Crippen LogP contribution in [0.3, 0.4) is 0 Å². The molecule has 3 unspecified atom stereocenters. The molecule has 1 saturated heterocycles. The van der Waals surface area contributed by atoms with Crippen LogP contribution < -0.4 is 5.32 Å². The number of fused-ring (bicyclic) bond motifs is 1. The van der Waals surface area contributed by atoms with Gasteiger partial charge in [0.1, 0.15) is 11.6 Å². The molecule has 2 aliphatic rings. The van der Waals surface area contributed by atoms with Crippen molar-refractivity contribution in [3.8, 4) is 0 Å². The third kappa shape index (κ3) is 2.96. The largest absolute Gasteiger partial charge is 0.378 e. The number of rotatable bonds is 4. The molecule has 0 amide bonds. The van der Waals surface area contributed by atoms with Crippen LogP contribution >= 0.6 is 0 Å². The van der Waals surface area contributed by atoms with Gasteiger partial charge in [0.2, 0.25) is 0 Å². The van der Waals surface area contributed by atoms with Gasteiger partial charge in [0.25, 0.3) is 0 Å². The van der Waals surface area contributed by atoms with Gasteiger partial charge in [0.05, 0.1) is 18.4 Å². The van der Waals surface area contributed by atoms with Gasteiger partial charge in [-0.15, -0.1) is 0 Å². The van der Waals surface area contributed by atoms with Crippen LogP contribution in [0.2, 0.25) is 0 Å². The highest BCUT2D eigenvalue weighted by atomic mass is 16.5. The molecule has 1 N–H and O–H groups in total. The van der Waals surface area contributed by atoms with Crippen LogP contribution in [0, 0.1) is 11.3 Å². The number of aromatic nitrogens is 2. The second-order valence-electron chi connectivity index (χ2n) is 8.44. The molecule has 3 atom stereocenters. The lowest BCUT2D eigenvalue weighted by molar-refractivity contribution is -0.0924. The van der Waals surface area contributed by atoms with Crippen molar-refractivity contribution in [2.75, 3.05) is 19.0 Å². The summed E-state index contributed by atoms with van der Waals surface area (Å²) in [5, 5.41) is 3.66. The molecule has 3 rings (SSSR count). The number of hydrogen-bond donors (Lipinski definition) is 1. The summed E-state index contributed by atoms with van der Waals surface area (Å²) >= 11 is 0. The van der Waals surface area contributed by atoms with Crippen molar-refractivity contribution < 1.29 is 9.47 Å². The number of methoxy groups -OCH3 is 1. The SMILES string of the molecule is COCc1cc(NC2C3CCOC3C2(C)C)nc(C(C)(C)C)n1. The maximum Gasteiger partial charge on any atom is 0.136 e. The molecular formula is C18H29N3O2. The summed E-state index contributed by atoms with van der Waals surface area (Å²) in [4.78, 5) is 9.42. The van der Waals surface area contributed by atoms with Gasteiger partial charge in [-0.1, -0.05) is 34.6 Å². The smallest absolute Gasteiger partial charge is 0.136 e. The summed E-state index contributed by atoms with van der Waals surface area (Å²) in [6, 6.07) is 2.41. The van der Waals surface area contributed by atoms with Gasteiger partial charge in [-0.25, -0.2) is 9.97 Å². The Kier molecular flexibility index (Phi) is 4.13. The Morgan fingerprint density at radius 1 is 1.35 bits per heavy atom. The molecule has 5 nitrogen and oxygen atoms in total. The molecule has 1 aromatic rings. The summed E-state index contributed by atoms with van der Waals surface area (Å²) in [5.74, 6) is 2.34. The summed E-state index contributed by atoms with van der Waals surface area (Å²) in [6.45, 7) is 12.3. The topological polar surface area (TPSA) is 56.3 Å². The average molecular weight is 319 g/mol. The van der Waals surface area contributed by atoms with E-state index in [1.165, 1.54) is 0 Å². The third-order valence-electron chi connectivity index (χ3n) is 5.15. The Bertz CT molecular complexity index is 580. The lowest BCUT2D eigenvalue weighted by atomic mass is 9.57. The first-order valence-corrected chi connectivity index (χ1v) is 8.49. The molecule has 0 aromatic carbocycles. The Morgan fingerprint density at radius 3 is 2.74 bits per heavy atom. The summed E-state index contributed by atoms with van der Waals surface area (Å²) in [6.07, 6.45) is 1.51. The molecule has 2 fully saturated rings. The lowest BCUT2D eigenvalue weighted by Crippen LogP contribution is -2.63. The Balaban J connectivity index is 1.86. The van der Waals surface area contributed by atoms with E-state index in [4.69, 9.17) is 14.5 Å². The normalized spacial score (nSPS) is 29.0. The van der Waals surface area contributed by atoms with Gasteiger partial charge in [-0.3, -0.25) is 0 Å². The van der Waals surface area contributed by atoms with Gasteiger partial charge in [0, 0.05) is 42.6 Å². The van der Waals surface area contributed by atoms with E-state index >= 15 is 0 Å². The average Bonchev–Trinajstić information content (AvgIpc) is 2.91. The predicted molar refractivity (Wildman–Crippen MR) is 90.5 cm³/mol. The molecule has 0 bridgehead atoms. The van der Waals surface area contributed by atoms with E-state index in [9.17, 15) is 0 Å². The van der Waals surface area contributed by atoms with Gasteiger partial charge in [-0.2, -0.15) is 0 Å². The van der Waals surface area contributed by atoms with Crippen LogP contribution in [0.4, 0.5) is 5.82 Å². The fourth-order valence-corrected chi connectivity index (χ4v) is 3.91. The molecule has 0 spiro atoms. The Hall–Kier alpha value is -1.20. The fraction of sp³-hybridized carbons (Fsp3) is 0.778. The fourth-order valence-electron chi connectivity index (χ4n) is 3.91. The Morgan fingerprint density at radius 2 is 2.09 bits per heavy atom. The van der Waals surface area contributed by atoms with Gasteiger partial charge in [0.15, 0.2) is 0 Å². The van der Waals surface area contributed by atoms with Crippen LogP contribution in [-0.4, -0.2) is 35.8 Å². The van der Waals surface area contributed by atoms with Crippen molar-refractivity contribution in [1.82, 2.24) is 9.97 Å². The van der Waals surface area contributed by atoms with Crippen molar-refractivity contribution in [3.05, 3.63) is 17.6 Å². The number of nitrogens with zero attached hydrogens (tertiary/aromatic N) is 2. The van der Waals surface area contributed by atoms with Crippen molar-refractivity contribution in [2.24, 2.45) is 11.3 Å². The number of hydrogen-bond acceptors (Lipinski definition) is 5. The van der Waals surface area contributed by atoms with E-state index in [0.717, 1.165) is 30.4 Å². The van der Waals surface area contributed by atoms with E-state index in [1.807, 2.05) is 6.07 Å². The van der Waals surface area contributed by atoms with Gasteiger partial charge >= 0.3 is 0 Å². The van der Waals surface area contributed by atoms with Crippen molar-refractivity contribution in [1.29, 1.82) is 0 Å². The zero-order valence-electron chi connectivity index (χ0n) is 15.1. The first-order chi connectivity index (χ1) is 10.7. The second-order valence-corrected chi connectivity index (χ2v) is 8.44. The minimum atomic E-state index is -0.0890. The summed E-state index contributed by atoms with van der Waals surface area (Å²) < 4.78 is 11.2. The number of ether oxygens (including phenoxy) is 2. The quantitative estimate of drug-likeness (QED) is 0.924. The van der Waals surface area contributed by atoms with Crippen molar-refractivity contribution in [2.45, 2.75) is 65.2 Å². The predicted octanol–water partition coefficient (Wildman–Crippen LogP) is 3.15. The van der Waals surface area contributed by atoms with Gasteiger partial charge in [-0.05, 0) is 6.42 Å². The Labute approximate surface area is 139 Å². The van der Waals surface area contributed by atoms with Crippen LogP contribution in [0.5, 0.6) is 0 Å². The highest BCUT2D eigenvalue weighted by Gasteiger charge is 2.59. The highest BCUT2D eigenvalue weighted by Crippen LogP contribution is 2.53. The molecule has 0 radical (unpaired) electrons. The van der Waals surface area contributed by atoms with Crippen molar-refractivity contribution >= 4 is 5.82 Å². The molecular weight excluding hydrogens is 290 g/mol. The van der Waals surface area contributed by atoms with Crippen molar-refractivity contribution in [3.63, 3.8) is 0 Å². The minimum absolute atomic E-state index is 0.0890.